The lowest BCUT2D eigenvalue weighted by molar-refractivity contribution is 1.56. The van der Waals surface area contributed by atoms with Gasteiger partial charge in [-0.1, -0.05) is 0 Å². The van der Waals surface area contributed by atoms with Crippen LogP contribution in [0.5, 0.6) is 0 Å². The Morgan fingerprint density at radius 3 is 2.92 bits per heavy atom. The minimum Gasteiger partial charge on any atom is -0.398 e. The van der Waals surface area contributed by atoms with Crippen LogP contribution in [0, 0.1) is 0 Å². The lowest BCUT2D eigenvalue weighted by Gasteiger charge is -1.98. The molecule has 0 aliphatic heterocycles. The number of thiophene rings is 1. The Bertz CT molecular complexity index is 447. The fraction of sp³-hybridized carbons (Fsp3) is 0.111. The van der Waals surface area contributed by atoms with E-state index in [9.17, 15) is 0 Å². The second-order valence-electron chi connectivity index (χ2n) is 2.68. The number of thioether (sulfide) groups is 1. The molecule has 1 aromatic heterocycles. The van der Waals surface area contributed by atoms with Gasteiger partial charge < -0.3 is 5.73 Å². The first kappa shape index (κ1) is 9.24. The van der Waals surface area contributed by atoms with Crippen LogP contribution in [0.15, 0.2) is 27.3 Å². The average Bonchev–Trinajstić information content (AvgIpc) is 2.55. The summed E-state index contributed by atoms with van der Waals surface area (Å²) >= 11 is 7.92. The van der Waals surface area contributed by atoms with Crippen LogP contribution in [0.4, 0.5) is 5.69 Å². The number of fused-ring (bicyclic) bond motifs is 1. The zero-order valence-corrected chi connectivity index (χ0v) is 9.60. The normalized spacial score (nSPS) is 10.9. The molecule has 0 radical (unpaired) electrons. The van der Waals surface area contributed by atoms with Gasteiger partial charge in [0, 0.05) is 20.7 Å². The van der Waals surface area contributed by atoms with Crippen molar-refractivity contribution in [1.82, 2.24) is 0 Å². The van der Waals surface area contributed by atoms with Crippen molar-refractivity contribution in [2.75, 3.05) is 12.0 Å². The second-order valence-corrected chi connectivity index (χ2v) is 5.32. The summed E-state index contributed by atoms with van der Waals surface area (Å²) in [6.45, 7) is 0. The standard InChI is InChI=1S/C9H9NS3/c1-12-8-4-5-7(13-8)3-2-6(10)9(5)11/h2-4,11H,10H2,1H3. The quantitative estimate of drug-likeness (QED) is 0.443. The first-order chi connectivity index (χ1) is 6.22. The van der Waals surface area contributed by atoms with Crippen molar-refractivity contribution in [2.45, 2.75) is 9.10 Å². The van der Waals surface area contributed by atoms with Gasteiger partial charge in [0.15, 0.2) is 0 Å². The molecule has 0 atom stereocenters. The first-order valence-electron chi connectivity index (χ1n) is 3.77. The molecule has 2 N–H and O–H groups in total. The molecule has 13 heavy (non-hydrogen) atoms. The monoisotopic (exact) mass is 227 g/mol. The summed E-state index contributed by atoms with van der Waals surface area (Å²) in [4.78, 5) is 0.897. The Kier molecular flexibility index (Phi) is 2.45. The van der Waals surface area contributed by atoms with E-state index in [4.69, 9.17) is 5.73 Å². The molecule has 0 unspecified atom stereocenters. The van der Waals surface area contributed by atoms with Crippen molar-refractivity contribution in [2.24, 2.45) is 0 Å². The molecule has 0 bridgehead atoms. The van der Waals surface area contributed by atoms with Crippen LogP contribution in [0.3, 0.4) is 0 Å². The number of hydrogen-bond donors (Lipinski definition) is 2. The zero-order chi connectivity index (χ0) is 9.42. The van der Waals surface area contributed by atoms with Crippen LogP contribution in [0.1, 0.15) is 0 Å². The molecule has 1 heterocycles. The molecule has 0 saturated carbocycles. The molecule has 0 saturated heterocycles. The van der Waals surface area contributed by atoms with Gasteiger partial charge in [-0.15, -0.1) is 35.7 Å². The SMILES string of the molecule is CSc1cc2c(S)c(N)ccc2s1. The van der Waals surface area contributed by atoms with E-state index in [0.717, 1.165) is 16.0 Å². The fourth-order valence-electron chi connectivity index (χ4n) is 1.19. The van der Waals surface area contributed by atoms with E-state index in [-0.39, 0.29) is 0 Å². The molecule has 0 aliphatic rings. The molecule has 1 aromatic carbocycles. The van der Waals surface area contributed by atoms with E-state index in [1.807, 2.05) is 6.07 Å². The van der Waals surface area contributed by atoms with Gasteiger partial charge in [-0.2, -0.15) is 0 Å². The van der Waals surface area contributed by atoms with Crippen molar-refractivity contribution >= 4 is 51.5 Å². The number of nitrogen functional groups attached to an aromatic ring is 1. The van der Waals surface area contributed by atoms with Crippen LogP contribution in [0.2, 0.25) is 0 Å². The highest BCUT2D eigenvalue weighted by Crippen LogP contribution is 2.36. The molecule has 2 aromatic rings. The number of hydrogen-bond acceptors (Lipinski definition) is 4. The third-order valence-electron chi connectivity index (χ3n) is 1.88. The average molecular weight is 227 g/mol. The largest absolute Gasteiger partial charge is 0.398 e. The predicted octanol–water partition coefficient (Wildman–Crippen LogP) is 3.49. The molecule has 1 nitrogen and oxygen atoms in total. The van der Waals surface area contributed by atoms with E-state index in [1.54, 1.807) is 23.1 Å². The minimum absolute atomic E-state index is 0.751. The van der Waals surface area contributed by atoms with Gasteiger partial charge in [0.05, 0.1) is 4.21 Å². The van der Waals surface area contributed by atoms with Crippen molar-refractivity contribution < 1.29 is 0 Å². The van der Waals surface area contributed by atoms with Crippen LogP contribution in [-0.2, 0) is 0 Å². The van der Waals surface area contributed by atoms with Gasteiger partial charge >= 0.3 is 0 Å². The van der Waals surface area contributed by atoms with Crippen molar-refractivity contribution in [1.29, 1.82) is 0 Å². The summed E-state index contributed by atoms with van der Waals surface area (Å²) in [6.07, 6.45) is 2.08. The molecule has 0 amide bonds. The van der Waals surface area contributed by atoms with Gasteiger partial charge in [-0.25, -0.2) is 0 Å². The summed E-state index contributed by atoms with van der Waals surface area (Å²) in [6, 6.07) is 6.10. The first-order valence-corrected chi connectivity index (χ1v) is 6.26. The summed E-state index contributed by atoms with van der Waals surface area (Å²) in [7, 11) is 0. The Morgan fingerprint density at radius 2 is 2.23 bits per heavy atom. The van der Waals surface area contributed by atoms with Gasteiger partial charge in [0.2, 0.25) is 0 Å². The summed E-state index contributed by atoms with van der Waals surface area (Å²) in [5, 5.41) is 1.16. The van der Waals surface area contributed by atoms with Gasteiger partial charge in [0.25, 0.3) is 0 Å². The molecule has 0 aliphatic carbocycles. The molecule has 4 heteroatoms. The third-order valence-corrected chi connectivity index (χ3v) is 4.55. The van der Waals surface area contributed by atoms with Gasteiger partial charge in [-0.05, 0) is 24.5 Å². The number of anilines is 1. The molecule has 2 rings (SSSR count). The maximum atomic E-state index is 5.76. The Hall–Kier alpha value is -0.320. The topological polar surface area (TPSA) is 26.0 Å². The summed E-state index contributed by atoms with van der Waals surface area (Å²) in [5.74, 6) is 0. The Balaban J connectivity index is 2.76. The predicted molar refractivity (Wildman–Crippen MR) is 65.3 cm³/mol. The van der Waals surface area contributed by atoms with Crippen LogP contribution >= 0.6 is 35.7 Å². The number of thiol groups is 1. The highest BCUT2D eigenvalue weighted by Gasteiger charge is 2.05. The highest BCUT2D eigenvalue weighted by molar-refractivity contribution is 8.00. The molecular formula is C9H9NS3. The zero-order valence-electron chi connectivity index (χ0n) is 7.07. The molecule has 68 valence electrons. The van der Waals surface area contributed by atoms with Crippen LogP contribution < -0.4 is 5.73 Å². The second kappa shape index (κ2) is 3.44. The van der Waals surface area contributed by atoms with Crippen LogP contribution in [-0.4, -0.2) is 6.26 Å². The highest BCUT2D eigenvalue weighted by atomic mass is 32.2. The van der Waals surface area contributed by atoms with E-state index >= 15 is 0 Å². The smallest absolute Gasteiger partial charge is 0.0608 e. The minimum atomic E-state index is 0.751. The Morgan fingerprint density at radius 1 is 1.46 bits per heavy atom. The van der Waals surface area contributed by atoms with E-state index in [1.165, 1.54) is 8.91 Å². The molecule has 0 fully saturated rings. The van der Waals surface area contributed by atoms with Gasteiger partial charge in [0.1, 0.15) is 0 Å². The van der Waals surface area contributed by atoms with Crippen molar-refractivity contribution in [3.05, 3.63) is 18.2 Å². The van der Waals surface area contributed by atoms with Gasteiger partial charge in [-0.3, -0.25) is 0 Å². The van der Waals surface area contributed by atoms with Crippen LogP contribution in [0.25, 0.3) is 10.1 Å². The fourth-order valence-corrected chi connectivity index (χ4v) is 3.17. The number of nitrogens with two attached hydrogens (primary N) is 1. The molecular weight excluding hydrogens is 218 g/mol. The van der Waals surface area contributed by atoms with E-state index in [0.29, 0.717) is 0 Å². The summed E-state index contributed by atoms with van der Waals surface area (Å²) in [5.41, 5.74) is 6.51. The van der Waals surface area contributed by atoms with E-state index in [2.05, 4.69) is 31.0 Å². The van der Waals surface area contributed by atoms with Crippen molar-refractivity contribution in [3.8, 4) is 0 Å². The third kappa shape index (κ3) is 1.54. The maximum Gasteiger partial charge on any atom is 0.0608 e. The summed E-state index contributed by atoms with van der Waals surface area (Å²) < 4.78 is 2.56. The van der Waals surface area contributed by atoms with E-state index < -0.39 is 0 Å². The molecule has 0 spiro atoms. The number of rotatable bonds is 1. The lowest BCUT2D eigenvalue weighted by atomic mass is 10.2. The maximum absolute atomic E-state index is 5.76. The lowest BCUT2D eigenvalue weighted by Crippen LogP contribution is -1.85. The van der Waals surface area contributed by atoms with Crippen molar-refractivity contribution in [3.63, 3.8) is 0 Å². The Labute approximate surface area is 90.7 Å². The number of benzene rings is 1.